The van der Waals surface area contributed by atoms with Crippen LogP contribution in [-0.2, 0) is 14.8 Å². The van der Waals surface area contributed by atoms with Gasteiger partial charge in [0.1, 0.15) is 5.69 Å². The maximum absolute atomic E-state index is 13.4. The van der Waals surface area contributed by atoms with Gasteiger partial charge in [0.05, 0.1) is 17.5 Å². The summed E-state index contributed by atoms with van der Waals surface area (Å²) in [5.41, 5.74) is 1.57. The van der Waals surface area contributed by atoms with E-state index in [-0.39, 0.29) is 29.0 Å². The van der Waals surface area contributed by atoms with E-state index in [0.29, 0.717) is 16.8 Å². The molecular weight excluding hydrogens is 392 g/mol. The van der Waals surface area contributed by atoms with Crippen molar-refractivity contribution in [1.82, 2.24) is 9.29 Å². The van der Waals surface area contributed by atoms with E-state index >= 15 is 0 Å². The number of ketones is 1. The highest BCUT2D eigenvalue weighted by atomic mass is 32.2. The Balaban J connectivity index is 1.97. The number of nitrogens with zero attached hydrogens (tertiary/aromatic N) is 1. The number of nitrogens with one attached hydrogen (secondary N) is 1. The molecule has 1 atom stereocenters. The molecule has 1 aliphatic rings. The van der Waals surface area contributed by atoms with Crippen LogP contribution in [0.3, 0.4) is 0 Å². The molecule has 1 N–H and O–H groups in total. The molecule has 0 saturated heterocycles. The van der Waals surface area contributed by atoms with Gasteiger partial charge in [0, 0.05) is 17.3 Å². The van der Waals surface area contributed by atoms with Crippen LogP contribution in [-0.4, -0.2) is 48.2 Å². The molecule has 7 nitrogen and oxygen atoms in total. The summed E-state index contributed by atoms with van der Waals surface area (Å²) in [4.78, 5) is 28.6. The largest absolute Gasteiger partial charge is 0.461 e. The third-order valence-electron chi connectivity index (χ3n) is 5.15. The summed E-state index contributed by atoms with van der Waals surface area (Å²) in [6, 6.07) is 7.06. The third-order valence-corrected chi connectivity index (χ3v) is 7.19. The number of hydrogen-bond donors (Lipinski definition) is 1. The quantitative estimate of drug-likeness (QED) is 0.524. The predicted octanol–water partition coefficient (Wildman–Crippen LogP) is 3.23. The molecule has 29 heavy (non-hydrogen) atoms. The number of sulfonamides is 1. The molecule has 2 aromatic rings. The average Bonchev–Trinajstić information content (AvgIpc) is 3.46. The number of Topliss-reactive ketones (excluding diaryl/α,β-unsaturated/α-hetero) is 1. The molecule has 1 aliphatic carbocycles. The summed E-state index contributed by atoms with van der Waals surface area (Å²) in [6.07, 6.45) is 1.45. The molecule has 1 aromatic carbocycles. The zero-order chi connectivity index (χ0) is 21.3. The molecule has 0 bridgehead atoms. The molecule has 1 heterocycles. The second-order valence-corrected chi connectivity index (χ2v) is 9.11. The van der Waals surface area contributed by atoms with Crippen molar-refractivity contribution in [1.29, 1.82) is 0 Å². The molecule has 1 fully saturated rings. The predicted molar refractivity (Wildman–Crippen MR) is 109 cm³/mol. The van der Waals surface area contributed by atoms with Crippen molar-refractivity contribution in [3.8, 4) is 0 Å². The fraction of sp³-hybridized carbons (Fsp3) is 0.429. The summed E-state index contributed by atoms with van der Waals surface area (Å²) in [6.45, 7) is 6.91. The van der Waals surface area contributed by atoms with Gasteiger partial charge < -0.3 is 9.72 Å². The molecule has 1 saturated carbocycles. The highest BCUT2D eigenvalue weighted by Crippen LogP contribution is 2.35. The van der Waals surface area contributed by atoms with Gasteiger partial charge in [0.2, 0.25) is 10.0 Å². The Bertz CT molecular complexity index is 1020. The zero-order valence-corrected chi connectivity index (χ0v) is 17.9. The van der Waals surface area contributed by atoms with Crippen molar-refractivity contribution >= 4 is 21.8 Å². The summed E-state index contributed by atoms with van der Waals surface area (Å²) in [5, 5.41) is 0. The van der Waals surface area contributed by atoms with Crippen LogP contribution in [0.25, 0.3) is 0 Å². The molecule has 0 unspecified atom stereocenters. The van der Waals surface area contributed by atoms with Crippen LogP contribution in [0.1, 0.15) is 58.8 Å². The molecular formula is C21H26N2O5S. The lowest BCUT2D eigenvalue weighted by atomic mass is 10.0. The van der Waals surface area contributed by atoms with Gasteiger partial charge in [-0.3, -0.25) is 4.79 Å². The van der Waals surface area contributed by atoms with Crippen LogP contribution in [0.4, 0.5) is 0 Å². The Morgan fingerprint density at radius 1 is 1.21 bits per heavy atom. The minimum atomic E-state index is -3.82. The highest BCUT2D eigenvalue weighted by molar-refractivity contribution is 7.89. The number of esters is 1. The van der Waals surface area contributed by atoms with Crippen LogP contribution in [0.2, 0.25) is 0 Å². The fourth-order valence-corrected chi connectivity index (χ4v) is 5.48. The minimum absolute atomic E-state index is 0.168. The third kappa shape index (κ3) is 4.00. The number of aromatic nitrogens is 1. The molecule has 3 rings (SSSR count). The number of rotatable bonds is 8. The summed E-state index contributed by atoms with van der Waals surface area (Å²) < 4.78 is 32.9. The molecule has 8 heteroatoms. The zero-order valence-electron chi connectivity index (χ0n) is 17.1. The number of carbonyl (C=O) groups is 2. The molecule has 156 valence electrons. The first kappa shape index (κ1) is 21.3. The Morgan fingerprint density at radius 3 is 2.38 bits per heavy atom. The number of hydrogen-bond acceptors (Lipinski definition) is 5. The number of aromatic amines is 1. The smallest absolute Gasteiger partial charge is 0.355 e. The van der Waals surface area contributed by atoms with Gasteiger partial charge in [-0.05, 0) is 58.2 Å². The standard InChI is InChI=1S/C21H26N2O5S/c1-5-28-21(25)19-13(2)18(14(3)22-19)20(24)15(4)23(16-11-12-16)29(26,27)17-9-7-6-8-10-17/h6-10,15-16,22H,5,11-12H2,1-4H3/t15-/m1/s1. The lowest BCUT2D eigenvalue weighted by Gasteiger charge is -2.27. The summed E-state index contributed by atoms with van der Waals surface area (Å²) >= 11 is 0. The Kier molecular flexibility index (Phi) is 5.95. The molecule has 1 aromatic heterocycles. The van der Waals surface area contributed by atoms with Crippen LogP contribution >= 0.6 is 0 Å². The van der Waals surface area contributed by atoms with Crippen LogP contribution in [0, 0.1) is 13.8 Å². The van der Waals surface area contributed by atoms with Gasteiger partial charge in [-0.2, -0.15) is 4.31 Å². The first-order valence-corrected chi connectivity index (χ1v) is 11.1. The average molecular weight is 419 g/mol. The number of ether oxygens (including phenoxy) is 1. The molecule has 0 amide bonds. The number of benzene rings is 1. The highest BCUT2D eigenvalue weighted by Gasteiger charge is 2.44. The van der Waals surface area contributed by atoms with Crippen molar-refractivity contribution < 1.29 is 22.7 Å². The van der Waals surface area contributed by atoms with Crippen LogP contribution < -0.4 is 0 Å². The maximum atomic E-state index is 13.4. The normalized spacial score (nSPS) is 15.3. The van der Waals surface area contributed by atoms with Crippen molar-refractivity contribution in [2.75, 3.05) is 6.61 Å². The van der Waals surface area contributed by atoms with Crippen LogP contribution in [0.15, 0.2) is 35.2 Å². The molecule has 0 radical (unpaired) electrons. The molecule has 0 aliphatic heterocycles. The summed E-state index contributed by atoms with van der Waals surface area (Å²) in [5.74, 6) is -0.867. The van der Waals surface area contributed by atoms with E-state index in [1.165, 1.54) is 16.4 Å². The van der Waals surface area contributed by atoms with Gasteiger partial charge >= 0.3 is 5.97 Å². The van der Waals surface area contributed by atoms with E-state index < -0.39 is 22.0 Å². The van der Waals surface area contributed by atoms with Gasteiger partial charge in [0.25, 0.3) is 0 Å². The second kappa shape index (κ2) is 8.12. The van der Waals surface area contributed by atoms with Crippen molar-refractivity contribution in [2.45, 2.75) is 57.5 Å². The van der Waals surface area contributed by atoms with Gasteiger partial charge in [-0.25, -0.2) is 13.2 Å². The van der Waals surface area contributed by atoms with Crippen molar-refractivity contribution in [3.63, 3.8) is 0 Å². The first-order chi connectivity index (χ1) is 13.7. The Labute approximate surface area is 171 Å². The van der Waals surface area contributed by atoms with E-state index in [0.717, 1.165) is 12.8 Å². The Hall–Kier alpha value is -2.45. The SMILES string of the molecule is CCOC(=O)c1[nH]c(C)c(C(=O)[C@@H](C)N(C2CC2)S(=O)(=O)c2ccccc2)c1C. The maximum Gasteiger partial charge on any atom is 0.355 e. The second-order valence-electron chi connectivity index (χ2n) is 7.26. The van der Waals surface area contributed by atoms with E-state index in [1.807, 2.05) is 0 Å². The van der Waals surface area contributed by atoms with Crippen molar-refractivity contribution in [3.05, 3.63) is 52.8 Å². The Morgan fingerprint density at radius 2 is 1.83 bits per heavy atom. The van der Waals surface area contributed by atoms with E-state index in [1.54, 1.807) is 45.9 Å². The van der Waals surface area contributed by atoms with Crippen LogP contribution in [0.5, 0.6) is 0 Å². The minimum Gasteiger partial charge on any atom is -0.461 e. The lowest BCUT2D eigenvalue weighted by molar-refractivity contribution is 0.0519. The number of aryl methyl sites for hydroxylation is 1. The van der Waals surface area contributed by atoms with Gasteiger partial charge in [0.15, 0.2) is 5.78 Å². The summed E-state index contributed by atoms with van der Waals surface area (Å²) in [7, 11) is -3.82. The van der Waals surface area contributed by atoms with E-state index in [4.69, 9.17) is 4.74 Å². The monoisotopic (exact) mass is 418 g/mol. The molecule has 0 spiro atoms. The number of carbonyl (C=O) groups excluding carboxylic acids is 2. The lowest BCUT2D eigenvalue weighted by Crippen LogP contribution is -2.44. The van der Waals surface area contributed by atoms with Gasteiger partial charge in [-0.15, -0.1) is 0 Å². The fourth-order valence-electron chi connectivity index (χ4n) is 3.62. The first-order valence-electron chi connectivity index (χ1n) is 9.69. The van der Waals surface area contributed by atoms with Crippen molar-refractivity contribution in [2.24, 2.45) is 0 Å². The van der Waals surface area contributed by atoms with Gasteiger partial charge in [-0.1, -0.05) is 18.2 Å². The van der Waals surface area contributed by atoms with E-state index in [2.05, 4.69) is 4.98 Å². The topological polar surface area (TPSA) is 96.5 Å². The number of H-pyrrole nitrogens is 1. The van der Waals surface area contributed by atoms with E-state index in [9.17, 15) is 18.0 Å².